The molecule has 0 fully saturated rings. The largest absolute Gasteiger partial charge is 0.467 e. The lowest BCUT2D eigenvalue weighted by molar-refractivity contribution is -0.146. The highest BCUT2D eigenvalue weighted by Gasteiger charge is 2.36. The molecule has 0 spiro atoms. The second-order valence-electron chi connectivity index (χ2n) is 37.0. The number of alkyl carbamates (subject to hydrolysis) is 6. The number of rotatable bonds is 57. The minimum Gasteiger partial charge on any atom is -0.467 e. The Balaban J connectivity index is -0.00000185. The third-order valence-corrected chi connectivity index (χ3v) is 17.8. The summed E-state index contributed by atoms with van der Waals surface area (Å²) in [6.07, 6.45) is 8.59. The summed E-state index contributed by atoms with van der Waals surface area (Å²) in [6, 6.07) is -8.80. The molecule has 3 unspecified atom stereocenters. The Hall–Kier alpha value is -9.39. The van der Waals surface area contributed by atoms with Gasteiger partial charge in [-0.2, -0.15) is 0 Å². The topological polar surface area (TPSA) is 640 Å². The Morgan fingerprint density at radius 3 is 0.496 bits per heavy atom. The molecule has 0 aliphatic rings. The molecule has 0 aliphatic carbocycles. The molecule has 750 valence electrons. The van der Waals surface area contributed by atoms with Crippen molar-refractivity contribution in [1.29, 1.82) is 0 Å². The van der Waals surface area contributed by atoms with Gasteiger partial charge in [0.2, 0.25) is 35.4 Å². The van der Waals surface area contributed by atoms with Crippen molar-refractivity contribution < 1.29 is 115 Å². The monoisotopic (exact) mass is 1850 g/mol. The molecule has 24 N–H and O–H groups in total. The molecule has 0 bridgehead atoms. The first kappa shape index (κ1) is 124. The summed E-state index contributed by atoms with van der Waals surface area (Å²) in [7, 11) is 3.70. The fraction of sp³-hybridized carbons (Fsp3) is 0.828. The average molecular weight is 1850 g/mol. The normalized spacial score (nSPS) is 13.6. The highest BCUT2D eigenvalue weighted by Crippen LogP contribution is 2.18. The van der Waals surface area contributed by atoms with E-state index in [2.05, 4.69) is 63.8 Å². The Bertz CT molecular complexity index is 2950. The van der Waals surface area contributed by atoms with Crippen LogP contribution in [0, 0.1) is 0 Å². The van der Waals surface area contributed by atoms with Crippen LogP contribution >= 0.6 is 0 Å². The minimum absolute atomic E-state index is 0.201. The summed E-state index contributed by atoms with van der Waals surface area (Å²) in [5.41, 5.74) is 29.3. The molecule has 0 heterocycles. The molecule has 0 saturated carbocycles. The van der Waals surface area contributed by atoms with Crippen molar-refractivity contribution in [2.45, 2.75) is 386 Å². The number of unbranched alkanes of at least 4 members (excludes halogenated alkanes) is 9. The zero-order chi connectivity index (χ0) is 99.2. The standard InChI is InChI=1S/3C29H56N6O8/c3*1-28(2,3)42-26(39)32-19-13-10-15-20(23(36)34-22(25(38)41-7)16-9-12-18-31)33-24(37)21(14-8-11-17-30)35-27(40)43-29(4,5)6/h3*20-22H,8-19,30-31H2,1-7H3,(H,32,39)(H,33,37)(H,34,36)(H,35,40)/t3*20?,21-,22-/m000/s1. The molecule has 0 saturated heterocycles. The lowest BCUT2D eigenvalue weighted by Gasteiger charge is -2.26. The second-order valence-corrected chi connectivity index (χ2v) is 37.0. The van der Waals surface area contributed by atoms with E-state index in [-0.39, 0.29) is 38.5 Å². The summed E-state index contributed by atoms with van der Waals surface area (Å²) in [4.78, 5) is 191. The number of hydrogen-bond donors (Lipinski definition) is 18. The number of methoxy groups -OCH3 is 3. The number of amides is 12. The van der Waals surface area contributed by atoms with E-state index in [4.69, 9.17) is 77.0 Å². The molecule has 42 nitrogen and oxygen atoms in total. The number of nitrogens with two attached hydrogens (primary N) is 6. The smallest absolute Gasteiger partial charge is 0.408 e. The highest BCUT2D eigenvalue weighted by molar-refractivity contribution is 5.95. The molecule has 0 radical (unpaired) electrons. The van der Waals surface area contributed by atoms with E-state index < -0.39 is 178 Å². The van der Waals surface area contributed by atoms with Crippen LogP contribution in [-0.2, 0) is 85.8 Å². The maximum Gasteiger partial charge on any atom is 0.408 e. The maximum absolute atomic E-state index is 13.4. The van der Waals surface area contributed by atoms with Crippen molar-refractivity contribution in [2.24, 2.45) is 34.4 Å². The van der Waals surface area contributed by atoms with Crippen LogP contribution in [-0.4, -0.2) is 258 Å². The average Bonchev–Trinajstić information content (AvgIpc) is 0.871. The van der Waals surface area contributed by atoms with Crippen LogP contribution < -0.4 is 98.2 Å². The van der Waals surface area contributed by atoms with Gasteiger partial charge in [0.25, 0.3) is 0 Å². The van der Waals surface area contributed by atoms with Crippen LogP contribution in [0.4, 0.5) is 28.8 Å². The number of carbonyl (C=O) groups is 15. The van der Waals surface area contributed by atoms with Crippen LogP contribution in [0.3, 0.4) is 0 Å². The SMILES string of the molecule is COC(=O)[C@H](CCCCN)NC(=O)C(CCCCNC(=O)OC(C)(C)C)NC(=O)[C@H](CCCCN)NC(=O)OC(C)(C)C.COC(=O)[C@H](CCCCN)NC(=O)C(CCCCNC(=O)OC(C)(C)C)NC(=O)[C@H](CCCCN)NC(=O)OC(C)(C)C.COC(=O)[C@H](CCCCN)NC(=O)C(CCCCNC(=O)OC(C)(C)C)NC(=O)[C@H](CCCCN)NC(=O)OC(C)(C)C. The summed E-state index contributed by atoms with van der Waals surface area (Å²) in [6.45, 7) is 34.7. The Morgan fingerprint density at radius 2 is 0.341 bits per heavy atom. The predicted molar refractivity (Wildman–Crippen MR) is 489 cm³/mol. The van der Waals surface area contributed by atoms with Gasteiger partial charge in [0.05, 0.1) is 21.3 Å². The van der Waals surface area contributed by atoms with Crippen LogP contribution in [0.25, 0.3) is 0 Å². The number of esters is 3. The minimum atomic E-state index is -1.03. The maximum atomic E-state index is 13.4. The van der Waals surface area contributed by atoms with E-state index in [1.54, 1.807) is 125 Å². The molecule has 0 rings (SSSR count). The molecule has 0 aromatic carbocycles. The van der Waals surface area contributed by atoms with Gasteiger partial charge in [-0.05, 0) is 337 Å². The third kappa shape index (κ3) is 69.3. The quantitative estimate of drug-likeness (QED) is 0.0191. The highest BCUT2D eigenvalue weighted by atomic mass is 16.6. The Morgan fingerprint density at radius 1 is 0.202 bits per heavy atom. The molecule has 0 aromatic heterocycles. The van der Waals surface area contributed by atoms with E-state index in [1.807, 2.05) is 0 Å². The summed E-state index contributed by atoms with van der Waals surface area (Å²) < 4.78 is 46.2. The van der Waals surface area contributed by atoms with Crippen molar-refractivity contribution in [3.63, 3.8) is 0 Å². The zero-order valence-corrected chi connectivity index (χ0v) is 81.4. The molecule has 0 aromatic rings. The second kappa shape index (κ2) is 67.8. The van der Waals surface area contributed by atoms with Gasteiger partial charge in [-0.1, -0.05) is 0 Å². The summed E-state index contributed by atoms with van der Waals surface area (Å²) in [5.74, 6) is -5.28. The van der Waals surface area contributed by atoms with Gasteiger partial charge >= 0.3 is 54.5 Å². The van der Waals surface area contributed by atoms with Crippen molar-refractivity contribution in [2.75, 3.05) is 80.2 Å². The Labute approximate surface area is 765 Å². The van der Waals surface area contributed by atoms with Crippen LogP contribution in [0.5, 0.6) is 0 Å². The molecular weight excluding hydrogens is 1680 g/mol. The fourth-order valence-corrected chi connectivity index (χ4v) is 11.7. The number of hydrogen-bond acceptors (Lipinski definition) is 30. The first-order valence-corrected chi connectivity index (χ1v) is 45.2. The van der Waals surface area contributed by atoms with Crippen LogP contribution in [0.2, 0.25) is 0 Å². The fourth-order valence-electron chi connectivity index (χ4n) is 11.7. The summed E-state index contributed by atoms with van der Waals surface area (Å²) >= 11 is 0. The van der Waals surface area contributed by atoms with Gasteiger partial charge in [0.1, 0.15) is 88.0 Å². The lowest BCUT2D eigenvalue weighted by atomic mass is 10.0. The molecule has 42 heteroatoms. The van der Waals surface area contributed by atoms with Gasteiger partial charge < -0.3 is 141 Å². The third-order valence-electron chi connectivity index (χ3n) is 17.8. The molecular formula is C87H168N18O24. The first-order chi connectivity index (χ1) is 60.1. The van der Waals surface area contributed by atoms with Gasteiger partial charge in [-0.25, -0.2) is 43.2 Å². The first-order valence-electron chi connectivity index (χ1n) is 45.2. The summed E-state index contributed by atoms with van der Waals surface area (Å²) in [5, 5.41) is 32.0. The lowest BCUT2D eigenvalue weighted by Crippen LogP contribution is -2.56. The molecule has 12 amide bonds. The number of nitrogens with one attached hydrogen (secondary N) is 12. The van der Waals surface area contributed by atoms with Crippen molar-refractivity contribution in [3.8, 4) is 0 Å². The van der Waals surface area contributed by atoms with Gasteiger partial charge in [0, 0.05) is 19.6 Å². The molecule has 129 heavy (non-hydrogen) atoms. The number of ether oxygens (including phenoxy) is 9. The van der Waals surface area contributed by atoms with E-state index in [0.717, 1.165) is 0 Å². The van der Waals surface area contributed by atoms with Crippen LogP contribution in [0.1, 0.15) is 298 Å². The van der Waals surface area contributed by atoms with E-state index in [0.29, 0.717) is 194 Å². The van der Waals surface area contributed by atoms with Crippen molar-refractivity contribution in [1.82, 2.24) is 63.8 Å². The molecule has 9 atom stereocenters. The zero-order valence-electron chi connectivity index (χ0n) is 81.4. The van der Waals surface area contributed by atoms with E-state index in [9.17, 15) is 71.9 Å². The number of carbonyl (C=O) groups excluding carboxylic acids is 15. The van der Waals surface area contributed by atoms with Gasteiger partial charge in [-0.15, -0.1) is 0 Å². The Kier molecular flexibility index (Phi) is 65.0. The van der Waals surface area contributed by atoms with Crippen LogP contribution in [0.15, 0.2) is 0 Å². The van der Waals surface area contributed by atoms with Gasteiger partial charge in [-0.3, -0.25) is 28.8 Å². The van der Waals surface area contributed by atoms with Gasteiger partial charge in [0.15, 0.2) is 0 Å². The van der Waals surface area contributed by atoms with E-state index >= 15 is 0 Å². The van der Waals surface area contributed by atoms with Crippen molar-refractivity contribution in [3.05, 3.63) is 0 Å². The van der Waals surface area contributed by atoms with Crippen molar-refractivity contribution >= 4 is 89.9 Å². The molecule has 0 aliphatic heterocycles. The predicted octanol–water partition coefficient (Wildman–Crippen LogP) is 5.93. The van der Waals surface area contributed by atoms with E-state index in [1.165, 1.54) is 21.3 Å².